The summed E-state index contributed by atoms with van der Waals surface area (Å²) in [5.74, 6) is -12.4. The fourth-order valence-electron chi connectivity index (χ4n) is 13.2. The van der Waals surface area contributed by atoms with E-state index in [9.17, 15) is 16.8 Å². The molecular weight excluding hydrogens is 1740 g/mol. The summed E-state index contributed by atoms with van der Waals surface area (Å²) in [5, 5.41) is -4.80. The molecule has 0 spiro atoms. The minimum atomic E-state index is -8.12. The Morgan fingerprint density at radius 3 is 0.661 bits per heavy atom. The molecule has 11 nitrogen and oxygen atoms in total. The summed E-state index contributed by atoms with van der Waals surface area (Å²) in [6, 6.07) is 14.3. The van der Waals surface area contributed by atoms with Gasteiger partial charge in [-0.3, -0.25) is 0 Å². The summed E-state index contributed by atoms with van der Waals surface area (Å²) in [5.41, 5.74) is -42.3. The number of rotatable bonds is 9. The molecule has 2 aliphatic rings. The van der Waals surface area contributed by atoms with Crippen LogP contribution in [0.25, 0.3) is 110 Å². The molecule has 618 valence electrons. The van der Waals surface area contributed by atoms with Crippen molar-refractivity contribution in [3.05, 3.63) is 239 Å². The zero-order valence-corrected chi connectivity index (χ0v) is 60.3. The number of halogens is 29. The lowest BCUT2D eigenvalue weighted by Crippen LogP contribution is -2.27. The van der Waals surface area contributed by atoms with Crippen LogP contribution in [-0.4, -0.2) is 28.1 Å². The van der Waals surface area contributed by atoms with Crippen molar-refractivity contribution in [1.82, 2.24) is 4.86 Å². The predicted molar refractivity (Wildman–Crippen MR) is 370 cm³/mol. The SMILES string of the molecule is O=S(=O)(N=P1(NP2(=NS(=O)(=O)C(F)(F)F)Oc3c(-c4cc(C(F)(F)F)cc(C(F)(F)F)c4)cc4ccccc4c3-c3c(c(-c4cc(C(F)(F)F)cc(C(F)(F)F)c4)cc4ccccc34)O2)Oc2c(-c3cc(C(F)(F)F)cc(C(F)(F)F)c3)cc3ccccc3c2-c2c(c(-c3cc(C(F)(F)F)cc(C(F)(F)F)c3)cc3ccccc23)O1)C(F)F. The van der Waals surface area contributed by atoms with Gasteiger partial charge in [-0.05, 0) is 162 Å². The molecule has 0 unspecified atom stereocenters. The van der Waals surface area contributed by atoms with E-state index in [0.29, 0.717) is 24.3 Å². The van der Waals surface area contributed by atoms with E-state index < -0.39 is 298 Å². The molecule has 0 aromatic heterocycles. The summed E-state index contributed by atoms with van der Waals surface area (Å²) in [4.78, 5) is 1.53. The zero-order valence-electron chi connectivity index (χ0n) is 56.9. The van der Waals surface area contributed by atoms with Gasteiger partial charge in [-0.2, -0.15) is 144 Å². The van der Waals surface area contributed by atoms with E-state index in [1.165, 1.54) is 4.86 Å². The van der Waals surface area contributed by atoms with E-state index in [1.54, 1.807) is 0 Å². The molecule has 12 aromatic carbocycles. The molecule has 1 N–H and O–H groups in total. The molecule has 0 amide bonds. The lowest BCUT2D eigenvalue weighted by Gasteiger charge is -2.32. The third-order valence-electron chi connectivity index (χ3n) is 18.2. The Kier molecular flexibility index (Phi) is 19.8. The number of nitrogens with one attached hydrogen (secondary N) is 1. The predicted octanol–water partition coefficient (Wildman–Crippen LogP) is 27.6. The lowest BCUT2D eigenvalue weighted by atomic mass is 9.85. The standard InChI is InChI=1S/C74H34F29N3O8P2S2/c75-65(76)117(107,108)105-115(111-61-53(37-17-41(66(77,78)79)29-42(18-37)67(80,81)82)25-33-9-1-5-13-49(33)57(61)58-50-14-6-2-10-34(50)26-54(62(58)112-115)38-19-43(68(83,84)85)30-44(20-38)69(86,87)88)104-116(106-118(109,110)74(101,102)103)113-63-55(39-21-45(70(89,90)91)31-46(22-39)71(92,93)94)27-35-11-3-7-15-51(35)59(63)60-52-16-8-4-12-36(52)28-56(64(60)114-116)40-23-47(72(95,96)97)32-48(24-40)73(98,99)100/h1-32,65,104H. The van der Waals surface area contributed by atoms with Crippen molar-refractivity contribution < 1.29 is 162 Å². The van der Waals surface area contributed by atoms with Crippen LogP contribution in [0.4, 0.5) is 127 Å². The maximum absolute atomic E-state index is 16.1. The maximum atomic E-state index is 16.1. The van der Waals surface area contributed by atoms with Gasteiger partial charge in [0.2, 0.25) is 0 Å². The molecule has 2 heterocycles. The van der Waals surface area contributed by atoms with Gasteiger partial charge in [0, 0.05) is 44.5 Å². The van der Waals surface area contributed by atoms with Crippen LogP contribution in [0.2, 0.25) is 0 Å². The summed E-state index contributed by atoms with van der Waals surface area (Å²) in [6.45, 7) is 0. The van der Waals surface area contributed by atoms with Crippen LogP contribution in [0.1, 0.15) is 44.5 Å². The third-order valence-corrected chi connectivity index (χ3v) is 26.4. The number of fused-ring (bicyclic) bond motifs is 14. The molecule has 0 bridgehead atoms. The van der Waals surface area contributed by atoms with Gasteiger partial charge in [0.05, 0.1) is 44.5 Å². The Bertz CT molecular complexity index is 6120. The fourth-order valence-corrected chi connectivity index (χ4v) is 21.5. The van der Waals surface area contributed by atoms with Crippen molar-refractivity contribution >= 4 is 78.5 Å². The van der Waals surface area contributed by atoms with Gasteiger partial charge in [0.15, 0.2) is 0 Å². The van der Waals surface area contributed by atoms with Gasteiger partial charge in [-0.25, -0.2) is 0 Å². The first-order valence-corrected chi connectivity index (χ1v) is 38.5. The van der Waals surface area contributed by atoms with Gasteiger partial charge in [-0.1, -0.05) is 105 Å². The molecule has 0 aliphatic carbocycles. The zero-order chi connectivity index (χ0) is 86.1. The molecule has 0 saturated carbocycles. The van der Waals surface area contributed by atoms with Crippen molar-refractivity contribution in [3.8, 4) is 89.8 Å². The summed E-state index contributed by atoms with van der Waals surface area (Å²) >= 11 is 0. The topological polar surface area (TPSA) is 142 Å². The van der Waals surface area contributed by atoms with E-state index in [-0.39, 0.29) is 48.5 Å². The van der Waals surface area contributed by atoms with E-state index in [4.69, 9.17) is 18.1 Å². The molecule has 0 atom stereocenters. The molecule has 14 rings (SSSR count). The Hall–Kier alpha value is -10.8. The first kappa shape index (κ1) is 83.7. The highest BCUT2D eigenvalue weighted by atomic mass is 32.2. The van der Waals surface area contributed by atoms with Crippen molar-refractivity contribution in [2.45, 2.75) is 60.7 Å². The first-order chi connectivity index (χ1) is 54.3. The average Bonchev–Trinajstić information content (AvgIpc) is 1.52. The van der Waals surface area contributed by atoms with Crippen LogP contribution in [0.15, 0.2) is 202 Å². The number of benzene rings is 12. The maximum Gasteiger partial charge on any atom is 0.518 e. The van der Waals surface area contributed by atoms with Crippen LogP contribution < -0.4 is 23.0 Å². The molecule has 2 aliphatic heterocycles. The molecule has 118 heavy (non-hydrogen) atoms. The molecule has 12 aromatic rings. The molecule has 0 radical (unpaired) electrons. The summed E-state index contributed by atoms with van der Waals surface area (Å²) < 4.78 is 538. The highest BCUT2D eigenvalue weighted by Gasteiger charge is 2.56. The van der Waals surface area contributed by atoms with Crippen molar-refractivity contribution in [1.29, 1.82) is 0 Å². The first-order valence-electron chi connectivity index (χ1n) is 32.5. The third kappa shape index (κ3) is 15.6. The van der Waals surface area contributed by atoms with E-state index in [2.05, 4.69) is 8.30 Å². The fraction of sp³-hybridized carbons (Fsp3) is 0.135. The van der Waals surface area contributed by atoms with Crippen LogP contribution in [-0.2, 0) is 69.5 Å². The van der Waals surface area contributed by atoms with Gasteiger partial charge >= 0.3 is 96.0 Å². The summed E-state index contributed by atoms with van der Waals surface area (Å²) in [7, 11) is -31.1. The second-order valence-electron chi connectivity index (χ2n) is 25.9. The number of sulfonamides is 2. The molecule has 44 heteroatoms. The smallest absolute Gasteiger partial charge is 0.417 e. The largest absolute Gasteiger partial charge is 0.518 e. The number of nitrogens with zero attached hydrogens (tertiary/aromatic N) is 2. The average molecular weight is 1770 g/mol. The Morgan fingerprint density at radius 2 is 0.475 bits per heavy atom. The number of alkyl halides is 29. The Balaban J connectivity index is 1.27. The van der Waals surface area contributed by atoms with Crippen LogP contribution in [0, 0.1) is 0 Å². The lowest BCUT2D eigenvalue weighted by molar-refractivity contribution is -0.144. The Labute approximate surface area is 640 Å². The molecule has 0 fully saturated rings. The van der Waals surface area contributed by atoms with E-state index in [1.807, 2.05) is 0 Å². The van der Waals surface area contributed by atoms with E-state index in [0.717, 1.165) is 97.1 Å². The number of hydrogen-bond donors (Lipinski definition) is 1. The highest BCUT2D eigenvalue weighted by Crippen LogP contribution is 2.72. The summed E-state index contributed by atoms with van der Waals surface area (Å²) in [6.07, 6.45) is -47.5. The monoisotopic (exact) mass is 1770 g/mol. The minimum absolute atomic E-state index is 0.148. The quantitative estimate of drug-likeness (QED) is 0.110. The molecular formula is C74H34F29N3O8P2S2. The van der Waals surface area contributed by atoms with Crippen molar-refractivity contribution in [2.24, 2.45) is 8.30 Å². The van der Waals surface area contributed by atoms with Crippen LogP contribution >= 0.6 is 15.3 Å². The van der Waals surface area contributed by atoms with Crippen molar-refractivity contribution in [2.75, 3.05) is 0 Å². The number of hydrogen-bond acceptors (Lipinski definition) is 8. The minimum Gasteiger partial charge on any atom is -0.417 e. The Morgan fingerprint density at radius 1 is 0.280 bits per heavy atom. The van der Waals surface area contributed by atoms with Gasteiger partial charge in [-0.15, -0.1) is 4.86 Å². The molecule has 0 saturated heterocycles. The second kappa shape index (κ2) is 27.9. The van der Waals surface area contributed by atoms with Crippen LogP contribution in [0.5, 0.6) is 23.0 Å². The van der Waals surface area contributed by atoms with Gasteiger partial charge in [0.25, 0.3) is 0 Å². The highest BCUT2D eigenvalue weighted by molar-refractivity contribution is 7.96. The van der Waals surface area contributed by atoms with E-state index >= 15 is 127 Å². The van der Waals surface area contributed by atoms with Gasteiger partial charge in [0.1, 0.15) is 23.0 Å². The van der Waals surface area contributed by atoms with Gasteiger partial charge < -0.3 is 18.1 Å². The van der Waals surface area contributed by atoms with Crippen molar-refractivity contribution in [3.63, 3.8) is 0 Å². The second-order valence-corrected chi connectivity index (χ2v) is 33.7. The normalized spacial score (nSPS) is 15.0. The van der Waals surface area contributed by atoms with Crippen LogP contribution in [0.3, 0.4) is 0 Å².